The van der Waals surface area contributed by atoms with Crippen molar-refractivity contribution in [1.29, 1.82) is 0 Å². The first-order valence-corrected chi connectivity index (χ1v) is 9.69. The molecule has 1 N–H and O–H groups in total. The monoisotopic (exact) mass is 359 g/mol. The first kappa shape index (κ1) is 15.7. The summed E-state index contributed by atoms with van der Waals surface area (Å²) in [5.74, 6) is 1.63. The number of amides is 1. The van der Waals surface area contributed by atoms with Crippen LogP contribution in [-0.4, -0.2) is 35.0 Å². The highest BCUT2D eigenvalue weighted by atomic mass is 35.5. The number of benzene rings is 1. The average molecular weight is 360 g/mol. The van der Waals surface area contributed by atoms with E-state index in [2.05, 4.69) is 0 Å². The van der Waals surface area contributed by atoms with Gasteiger partial charge in [-0.1, -0.05) is 23.7 Å². The van der Waals surface area contributed by atoms with E-state index in [4.69, 9.17) is 11.6 Å². The number of fused-ring (bicyclic) bond motifs is 5. The van der Waals surface area contributed by atoms with E-state index in [1.165, 1.54) is 19.3 Å². The Morgan fingerprint density at radius 3 is 2.28 bits per heavy atom. The van der Waals surface area contributed by atoms with Crippen molar-refractivity contribution in [3.8, 4) is 0 Å². The Balaban J connectivity index is 1.34. The molecule has 2 bridgehead atoms. The van der Waals surface area contributed by atoms with Gasteiger partial charge in [0.1, 0.15) is 0 Å². The molecule has 25 heavy (non-hydrogen) atoms. The molecule has 4 unspecified atom stereocenters. The molecule has 0 aromatic heterocycles. The number of likely N-dealkylation sites (tertiary alicyclic amines) is 1. The highest BCUT2D eigenvalue weighted by Gasteiger charge is 2.68. The molecule has 132 valence electrons. The summed E-state index contributed by atoms with van der Waals surface area (Å²) in [6.45, 7) is 0.857. The van der Waals surface area contributed by atoms with Crippen molar-refractivity contribution in [2.24, 2.45) is 35.5 Å². The minimum Gasteiger partial charge on any atom is -0.481 e. The maximum atomic E-state index is 13.1. The summed E-state index contributed by atoms with van der Waals surface area (Å²) in [5, 5.41) is 10.3. The Kier molecular flexibility index (Phi) is 3.43. The van der Waals surface area contributed by atoms with E-state index in [0.717, 1.165) is 17.4 Å². The van der Waals surface area contributed by atoms with Crippen LogP contribution in [0.5, 0.6) is 0 Å². The summed E-state index contributed by atoms with van der Waals surface area (Å²) in [7, 11) is 0. The Morgan fingerprint density at radius 1 is 1.04 bits per heavy atom. The van der Waals surface area contributed by atoms with E-state index < -0.39 is 11.9 Å². The largest absolute Gasteiger partial charge is 0.481 e. The Labute approximate surface area is 152 Å². The lowest BCUT2D eigenvalue weighted by molar-refractivity contribution is -0.142. The SMILES string of the molecule is O=C(O)[C@@H]1CN(C(=O)C2C3C4CCC(C4)C23)C[C@H]1c1ccc(Cl)cc1. The predicted octanol–water partition coefficient (Wildman–Crippen LogP) is 3.26. The molecule has 1 saturated heterocycles. The van der Waals surface area contributed by atoms with Crippen LogP contribution in [0.1, 0.15) is 30.7 Å². The molecule has 4 fully saturated rings. The molecule has 1 amide bonds. The summed E-state index contributed by atoms with van der Waals surface area (Å²) in [6.07, 6.45) is 3.91. The quantitative estimate of drug-likeness (QED) is 0.901. The van der Waals surface area contributed by atoms with Crippen LogP contribution in [-0.2, 0) is 9.59 Å². The van der Waals surface area contributed by atoms with Crippen LogP contribution in [0.3, 0.4) is 0 Å². The molecular formula is C20H22ClNO3. The first-order valence-electron chi connectivity index (χ1n) is 9.31. The van der Waals surface area contributed by atoms with Crippen LogP contribution in [0.15, 0.2) is 24.3 Å². The van der Waals surface area contributed by atoms with Gasteiger partial charge in [-0.3, -0.25) is 9.59 Å². The van der Waals surface area contributed by atoms with Crippen LogP contribution in [0.2, 0.25) is 5.02 Å². The smallest absolute Gasteiger partial charge is 0.308 e. The normalized spacial score (nSPS) is 41.0. The fraction of sp³-hybridized carbons (Fsp3) is 0.600. The lowest BCUT2D eigenvalue weighted by atomic mass is 9.89. The third kappa shape index (κ3) is 2.33. The van der Waals surface area contributed by atoms with Crippen LogP contribution in [0, 0.1) is 35.5 Å². The van der Waals surface area contributed by atoms with Crippen molar-refractivity contribution in [2.45, 2.75) is 25.2 Å². The molecule has 5 rings (SSSR count). The summed E-state index contributed by atoms with van der Waals surface area (Å²) in [5.41, 5.74) is 0.961. The van der Waals surface area contributed by atoms with Gasteiger partial charge in [0.05, 0.1) is 5.92 Å². The lowest BCUT2D eigenvalue weighted by Crippen LogP contribution is -2.32. The molecule has 5 heteroatoms. The average Bonchev–Trinajstić information content (AvgIpc) is 2.95. The van der Waals surface area contributed by atoms with Crippen LogP contribution in [0.4, 0.5) is 0 Å². The van der Waals surface area contributed by atoms with Crippen molar-refractivity contribution in [1.82, 2.24) is 4.90 Å². The minimum absolute atomic E-state index is 0.144. The predicted molar refractivity (Wildman–Crippen MR) is 93.2 cm³/mol. The molecule has 0 radical (unpaired) electrons. The second-order valence-electron chi connectivity index (χ2n) is 8.36. The van der Waals surface area contributed by atoms with Gasteiger partial charge < -0.3 is 10.0 Å². The number of rotatable bonds is 3. The van der Waals surface area contributed by atoms with Gasteiger partial charge in [0.25, 0.3) is 0 Å². The zero-order valence-corrected chi connectivity index (χ0v) is 14.7. The summed E-state index contributed by atoms with van der Waals surface area (Å²) < 4.78 is 0. The van der Waals surface area contributed by atoms with E-state index in [0.29, 0.717) is 29.9 Å². The molecule has 4 aliphatic rings. The van der Waals surface area contributed by atoms with Gasteiger partial charge in [0.2, 0.25) is 5.91 Å². The van der Waals surface area contributed by atoms with E-state index in [1.807, 2.05) is 17.0 Å². The van der Waals surface area contributed by atoms with Crippen LogP contribution < -0.4 is 0 Å². The fourth-order valence-electron chi connectivity index (χ4n) is 6.15. The third-order valence-corrected chi connectivity index (χ3v) is 7.52. The molecule has 4 nitrogen and oxygen atoms in total. The standard InChI is InChI=1S/C20H22ClNO3/c21-13-5-3-10(4-6-13)14-8-22(9-15(14)20(24)25)19(23)18-16-11-1-2-12(7-11)17(16)18/h3-6,11-12,14-18H,1-2,7-9H2,(H,24,25)/t11?,12?,14-,15+,16?,17?,18?/m0/s1. The number of carboxylic acids is 1. The second kappa shape index (κ2) is 5.47. The van der Waals surface area contributed by atoms with Crippen molar-refractivity contribution in [3.63, 3.8) is 0 Å². The summed E-state index contributed by atoms with van der Waals surface area (Å²) >= 11 is 5.95. The van der Waals surface area contributed by atoms with Gasteiger partial charge in [-0.25, -0.2) is 0 Å². The highest BCUT2D eigenvalue weighted by molar-refractivity contribution is 6.30. The number of aliphatic carboxylic acids is 1. The molecule has 6 atom stereocenters. The molecule has 1 aliphatic heterocycles. The lowest BCUT2D eigenvalue weighted by Gasteiger charge is -2.18. The molecule has 3 aliphatic carbocycles. The van der Waals surface area contributed by atoms with Gasteiger partial charge in [0, 0.05) is 29.9 Å². The minimum atomic E-state index is -0.814. The number of hydrogen-bond acceptors (Lipinski definition) is 2. The van der Waals surface area contributed by atoms with E-state index in [9.17, 15) is 14.7 Å². The number of carbonyl (C=O) groups excluding carboxylic acids is 1. The first-order chi connectivity index (χ1) is 12.0. The third-order valence-electron chi connectivity index (χ3n) is 7.27. The van der Waals surface area contributed by atoms with Crippen LogP contribution in [0.25, 0.3) is 0 Å². The van der Waals surface area contributed by atoms with Gasteiger partial charge in [-0.2, -0.15) is 0 Å². The van der Waals surface area contributed by atoms with Crippen molar-refractivity contribution in [2.75, 3.05) is 13.1 Å². The van der Waals surface area contributed by atoms with Gasteiger partial charge in [0.15, 0.2) is 0 Å². The number of carboxylic acid groups (broad SMARTS) is 1. The molecule has 1 aromatic carbocycles. The second-order valence-corrected chi connectivity index (χ2v) is 8.80. The fourth-order valence-corrected chi connectivity index (χ4v) is 6.27. The molecule has 3 saturated carbocycles. The molecule has 1 aromatic rings. The van der Waals surface area contributed by atoms with E-state index in [1.54, 1.807) is 12.1 Å². The van der Waals surface area contributed by atoms with Gasteiger partial charge >= 0.3 is 5.97 Å². The summed E-state index contributed by atoms with van der Waals surface area (Å²) in [6, 6.07) is 7.37. The van der Waals surface area contributed by atoms with E-state index >= 15 is 0 Å². The highest BCUT2D eigenvalue weighted by Crippen LogP contribution is 2.69. The van der Waals surface area contributed by atoms with Gasteiger partial charge in [-0.15, -0.1) is 0 Å². The number of hydrogen-bond donors (Lipinski definition) is 1. The van der Waals surface area contributed by atoms with Crippen LogP contribution >= 0.6 is 11.6 Å². The van der Waals surface area contributed by atoms with Crippen molar-refractivity contribution in [3.05, 3.63) is 34.9 Å². The zero-order valence-electron chi connectivity index (χ0n) is 14.0. The topological polar surface area (TPSA) is 57.6 Å². The number of halogens is 1. The zero-order chi connectivity index (χ0) is 17.3. The van der Waals surface area contributed by atoms with E-state index in [-0.39, 0.29) is 17.7 Å². The summed E-state index contributed by atoms with van der Waals surface area (Å²) in [4.78, 5) is 26.6. The maximum absolute atomic E-state index is 13.1. The Morgan fingerprint density at radius 2 is 1.68 bits per heavy atom. The Bertz CT molecular complexity index is 717. The van der Waals surface area contributed by atoms with Crippen molar-refractivity contribution >= 4 is 23.5 Å². The number of nitrogens with zero attached hydrogens (tertiary/aromatic N) is 1. The maximum Gasteiger partial charge on any atom is 0.308 e. The van der Waals surface area contributed by atoms with Gasteiger partial charge in [-0.05, 0) is 60.6 Å². The molecule has 1 heterocycles. The number of carbonyl (C=O) groups is 2. The van der Waals surface area contributed by atoms with Crippen molar-refractivity contribution < 1.29 is 14.7 Å². The Hall–Kier alpha value is -1.55. The molecular weight excluding hydrogens is 338 g/mol. The molecule has 0 spiro atoms.